The van der Waals surface area contributed by atoms with E-state index in [2.05, 4.69) is 31.9 Å². The summed E-state index contributed by atoms with van der Waals surface area (Å²) in [6.45, 7) is 5.17. The third kappa shape index (κ3) is 5.88. The average Bonchev–Trinajstić information content (AvgIpc) is 2.71. The number of urea groups is 1. The molecule has 0 saturated heterocycles. The fraction of sp³-hybridized carbons (Fsp3) is 0.375. The molecule has 3 rings (SSSR count). The molecule has 170 valence electrons. The second-order valence-electron chi connectivity index (χ2n) is 8.14. The normalized spacial score (nSPS) is 14.9. The fourth-order valence-electron chi connectivity index (χ4n) is 4.02. The van der Waals surface area contributed by atoms with Crippen molar-refractivity contribution in [2.45, 2.75) is 58.6 Å². The summed E-state index contributed by atoms with van der Waals surface area (Å²) in [5.41, 5.74) is 2.20. The van der Waals surface area contributed by atoms with Crippen molar-refractivity contribution < 1.29 is 19.1 Å². The van der Waals surface area contributed by atoms with Gasteiger partial charge in [0.05, 0.1) is 11.3 Å². The Labute approximate surface area is 196 Å². The lowest BCUT2D eigenvalue weighted by Gasteiger charge is -2.37. The molecule has 7 nitrogen and oxygen atoms in total. The lowest BCUT2D eigenvalue weighted by Crippen LogP contribution is -2.52. The first-order chi connectivity index (χ1) is 15.2. The number of anilines is 2. The van der Waals surface area contributed by atoms with Crippen molar-refractivity contribution in [3.8, 4) is 0 Å². The minimum absolute atomic E-state index is 0.280. The molecular formula is C24H28BrN3O4. The predicted molar refractivity (Wildman–Crippen MR) is 128 cm³/mol. The zero-order chi connectivity index (χ0) is 23.3. The van der Waals surface area contributed by atoms with E-state index in [0.717, 1.165) is 36.1 Å². The van der Waals surface area contributed by atoms with E-state index in [0.29, 0.717) is 23.0 Å². The van der Waals surface area contributed by atoms with E-state index in [-0.39, 0.29) is 5.56 Å². The van der Waals surface area contributed by atoms with Gasteiger partial charge in [-0.25, -0.2) is 4.79 Å². The summed E-state index contributed by atoms with van der Waals surface area (Å²) >= 11 is 3.39. The predicted octanol–water partition coefficient (Wildman–Crippen LogP) is 5.66. The van der Waals surface area contributed by atoms with Gasteiger partial charge in [-0.15, -0.1) is 0 Å². The van der Waals surface area contributed by atoms with Crippen molar-refractivity contribution in [3.63, 3.8) is 0 Å². The van der Waals surface area contributed by atoms with E-state index in [1.165, 1.54) is 6.92 Å². The number of carbonyl (C=O) groups excluding carboxylic acids is 3. The van der Waals surface area contributed by atoms with E-state index in [4.69, 9.17) is 4.74 Å². The molecule has 3 N–H and O–H groups in total. The van der Waals surface area contributed by atoms with Crippen LogP contribution < -0.4 is 16.0 Å². The summed E-state index contributed by atoms with van der Waals surface area (Å²) in [4.78, 5) is 37.6. The highest BCUT2D eigenvalue weighted by atomic mass is 79.9. The second kappa shape index (κ2) is 10.2. The van der Waals surface area contributed by atoms with Crippen molar-refractivity contribution in [2.24, 2.45) is 0 Å². The average molecular weight is 502 g/mol. The Morgan fingerprint density at radius 3 is 2.25 bits per heavy atom. The highest BCUT2D eigenvalue weighted by Crippen LogP contribution is 2.31. The molecule has 1 saturated carbocycles. The van der Waals surface area contributed by atoms with E-state index in [1.807, 2.05) is 32.0 Å². The van der Waals surface area contributed by atoms with Gasteiger partial charge in [0.15, 0.2) is 5.72 Å². The zero-order valence-corrected chi connectivity index (χ0v) is 20.1. The summed E-state index contributed by atoms with van der Waals surface area (Å²) in [7, 11) is 0. The molecule has 1 fully saturated rings. The van der Waals surface area contributed by atoms with Crippen molar-refractivity contribution in [1.29, 1.82) is 0 Å². The highest BCUT2D eigenvalue weighted by Gasteiger charge is 2.37. The number of ether oxygens (including phenoxy) is 1. The minimum atomic E-state index is -1.02. The van der Waals surface area contributed by atoms with Crippen LogP contribution in [-0.2, 0) is 9.53 Å². The minimum Gasteiger partial charge on any atom is -0.439 e. The van der Waals surface area contributed by atoms with Gasteiger partial charge in [-0.3, -0.25) is 9.59 Å². The number of amides is 3. The molecule has 3 amide bonds. The number of para-hydroxylation sites is 1. The Hall–Kier alpha value is -2.87. The molecular weight excluding hydrogens is 474 g/mol. The van der Waals surface area contributed by atoms with Gasteiger partial charge in [0.25, 0.3) is 5.91 Å². The summed E-state index contributed by atoms with van der Waals surface area (Å²) in [5, 5.41) is 8.55. The largest absolute Gasteiger partial charge is 0.439 e. The Morgan fingerprint density at radius 1 is 0.969 bits per heavy atom. The van der Waals surface area contributed by atoms with Crippen molar-refractivity contribution in [1.82, 2.24) is 5.32 Å². The molecule has 2 aromatic carbocycles. The summed E-state index contributed by atoms with van der Waals surface area (Å²) in [5.74, 6) is -0.850. The van der Waals surface area contributed by atoms with Crippen LogP contribution >= 0.6 is 15.9 Å². The van der Waals surface area contributed by atoms with E-state index in [9.17, 15) is 14.4 Å². The molecule has 0 radical (unpaired) electrons. The van der Waals surface area contributed by atoms with Crippen LogP contribution in [0.5, 0.6) is 0 Å². The van der Waals surface area contributed by atoms with Crippen LogP contribution in [0, 0.1) is 13.8 Å². The molecule has 1 aliphatic carbocycles. The first-order valence-electron chi connectivity index (χ1n) is 10.6. The number of benzene rings is 2. The molecule has 0 heterocycles. The molecule has 0 aromatic heterocycles. The molecule has 0 unspecified atom stereocenters. The van der Waals surface area contributed by atoms with Gasteiger partial charge in [-0.05, 0) is 56.0 Å². The zero-order valence-electron chi connectivity index (χ0n) is 18.5. The maximum absolute atomic E-state index is 13.2. The molecule has 0 aliphatic heterocycles. The maximum Gasteiger partial charge on any atom is 0.323 e. The summed E-state index contributed by atoms with van der Waals surface area (Å²) in [6.07, 6.45) is 3.87. The van der Waals surface area contributed by atoms with Crippen LogP contribution in [0.2, 0.25) is 0 Å². The first-order valence-corrected chi connectivity index (χ1v) is 11.4. The second-order valence-corrected chi connectivity index (χ2v) is 9.05. The Bertz CT molecular complexity index is 1010. The number of hydrogen-bond acceptors (Lipinski definition) is 4. The topological polar surface area (TPSA) is 96.5 Å². The SMILES string of the molecule is CC(=O)OC1(NC(=O)c2ccc(Br)cc2NC(=O)Nc2c(C)cccc2C)CCCCC1. The van der Waals surface area contributed by atoms with Crippen molar-refractivity contribution in [3.05, 3.63) is 57.6 Å². The lowest BCUT2D eigenvalue weighted by atomic mass is 9.91. The van der Waals surface area contributed by atoms with Gasteiger partial charge in [-0.2, -0.15) is 0 Å². The van der Waals surface area contributed by atoms with Gasteiger partial charge in [0.2, 0.25) is 0 Å². The lowest BCUT2D eigenvalue weighted by molar-refractivity contribution is -0.163. The number of halogens is 1. The number of carbonyl (C=O) groups is 3. The Morgan fingerprint density at radius 2 is 1.62 bits per heavy atom. The monoisotopic (exact) mass is 501 g/mol. The summed E-state index contributed by atoms with van der Waals surface area (Å²) in [6, 6.07) is 10.3. The number of rotatable bonds is 5. The Balaban J connectivity index is 1.81. The van der Waals surface area contributed by atoms with Crippen LogP contribution in [0.3, 0.4) is 0 Å². The van der Waals surface area contributed by atoms with Crippen LogP contribution in [0.1, 0.15) is 60.5 Å². The fourth-order valence-corrected chi connectivity index (χ4v) is 4.38. The van der Waals surface area contributed by atoms with Crippen LogP contribution in [0.25, 0.3) is 0 Å². The van der Waals surface area contributed by atoms with Crippen molar-refractivity contribution >= 4 is 45.2 Å². The van der Waals surface area contributed by atoms with Crippen LogP contribution in [0.15, 0.2) is 40.9 Å². The quantitative estimate of drug-likeness (QED) is 0.363. The maximum atomic E-state index is 13.2. The molecule has 0 atom stereocenters. The molecule has 0 bridgehead atoms. The van der Waals surface area contributed by atoms with Gasteiger partial charge in [-0.1, -0.05) is 40.5 Å². The molecule has 1 aliphatic rings. The molecule has 0 spiro atoms. The Kier molecular flexibility index (Phi) is 7.56. The van der Waals surface area contributed by atoms with Gasteiger partial charge in [0.1, 0.15) is 0 Å². The van der Waals surface area contributed by atoms with Crippen LogP contribution in [-0.4, -0.2) is 23.6 Å². The van der Waals surface area contributed by atoms with E-state index in [1.54, 1.807) is 18.2 Å². The van der Waals surface area contributed by atoms with Gasteiger partial charge >= 0.3 is 12.0 Å². The number of esters is 1. The molecule has 32 heavy (non-hydrogen) atoms. The number of aryl methyl sites for hydroxylation is 2. The van der Waals surface area contributed by atoms with Crippen LogP contribution in [0.4, 0.5) is 16.2 Å². The van der Waals surface area contributed by atoms with E-state index >= 15 is 0 Å². The van der Waals surface area contributed by atoms with Crippen molar-refractivity contribution in [2.75, 3.05) is 10.6 Å². The number of hydrogen-bond donors (Lipinski definition) is 3. The molecule has 8 heteroatoms. The first kappa shape index (κ1) is 23.8. The van der Waals surface area contributed by atoms with Gasteiger partial charge < -0.3 is 20.7 Å². The third-order valence-corrected chi connectivity index (χ3v) is 6.03. The van der Waals surface area contributed by atoms with Gasteiger partial charge in [0, 0.05) is 29.9 Å². The third-order valence-electron chi connectivity index (χ3n) is 5.54. The van der Waals surface area contributed by atoms with E-state index < -0.39 is 23.6 Å². The standard InChI is InChI=1S/C24H28BrN3O4/c1-15-8-7-9-16(2)21(15)27-23(31)26-20-14-18(25)10-11-19(20)22(30)28-24(32-17(3)29)12-5-4-6-13-24/h7-11,14H,4-6,12-13H2,1-3H3,(H,28,30)(H2,26,27,31). The molecule has 2 aromatic rings. The summed E-state index contributed by atoms with van der Waals surface area (Å²) < 4.78 is 6.25. The number of nitrogens with one attached hydrogen (secondary N) is 3. The highest BCUT2D eigenvalue weighted by molar-refractivity contribution is 9.10. The smallest absolute Gasteiger partial charge is 0.323 e.